The number of carbonyl (C=O) groups excluding carboxylic acids is 1. The van der Waals surface area contributed by atoms with E-state index in [1.807, 2.05) is 6.92 Å². The Hall–Kier alpha value is -3.08. The third kappa shape index (κ3) is 6.23. The summed E-state index contributed by atoms with van der Waals surface area (Å²) in [5.41, 5.74) is 8.27. The van der Waals surface area contributed by atoms with Crippen molar-refractivity contribution in [3.8, 4) is 17.1 Å². The lowest BCUT2D eigenvalue weighted by molar-refractivity contribution is -0.111. The van der Waals surface area contributed by atoms with Crippen molar-refractivity contribution < 1.29 is 23.8 Å². The number of aliphatic hydroxyl groups is 1. The molecule has 2 heterocycles. The maximum absolute atomic E-state index is 15.2. The highest BCUT2D eigenvalue weighted by molar-refractivity contribution is 6.20. The number of nitrogens with one attached hydrogen (secondary N) is 1. The molecular weight excluding hydrogens is 501 g/mol. The van der Waals surface area contributed by atoms with Crippen molar-refractivity contribution >= 4 is 17.2 Å². The lowest BCUT2D eigenvalue weighted by atomic mass is 9.68. The van der Waals surface area contributed by atoms with E-state index in [1.165, 1.54) is 25.1 Å². The summed E-state index contributed by atoms with van der Waals surface area (Å²) in [6, 6.07) is 4.32. The number of aliphatic hydroxyl groups excluding tert-OH is 1. The molecule has 1 atom stereocenters. The van der Waals surface area contributed by atoms with Crippen LogP contribution in [0.1, 0.15) is 50.8 Å². The van der Waals surface area contributed by atoms with Gasteiger partial charge >= 0.3 is 0 Å². The number of carbonyl (C=O) groups is 1. The molecule has 1 saturated heterocycles. The van der Waals surface area contributed by atoms with Crippen molar-refractivity contribution in [2.24, 2.45) is 11.1 Å². The second kappa shape index (κ2) is 12.0. The largest absolute Gasteiger partial charge is 0.491 e. The van der Waals surface area contributed by atoms with Gasteiger partial charge in [-0.1, -0.05) is 0 Å². The van der Waals surface area contributed by atoms with E-state index in [2.05, 4.69) is 15.2 Å². The molecule has 1 saturated carbocycles. The van der Waals surface area contributed by atoms with Gasteiger partial charge in [-0.3, -0.25) is 4.79 Å². The number of methoxy groups -OCH3 is 1. The van der Waals surface area contributed by atoms with E-state index in [9.17, 15) is 9.90 Å². The van der Waals surface area contributed by atoms with Gasteiger partial charge in [0.05, 0.1) is 22.9 Å². The number of halogens is 1. The Labute approximate surface area is 229 Å². The maximum atomic E-state index is 15.2. The van der Waals surface area contributed by atoms with Gasteiger partial charge in [0.25, 0.3) is 0 Å². The predicted octanol–water partition coefficient (Wildman–Crippen LogP) is 3.22. The molecule has 39 heavy (non-hydrogen) atoms. The molecule has 4 rings (SSSR count). The average Bonchev–Trinajstić information content (AvgIpc) is 2.88. The number of hydrogen-bond donors (Lipinski definition) is 3. The first kappa shape index (κ1) is 28.9. The summed E-state index contributed by atoms with van der Waals surface area (Å²) in [7, 11) is 3.51. The zero-order chi connectivity index (χ0) is 28.3. The summed E-state index contributed by atoms with van der Waals surface area (Å²) < 4.78 is 26.4. The van der Waals surface area contributed by atoms with Gasteiger partial charge in [-0.05, 0) is 71.7 Å². The highest BCUT2D eigenvalue weighted by Crippen LogP contribution is 2.47. The fraction of sp³-hybridized carbons (Fsp3) is 0.552. The highest BCUT2D eigenvalue weighted by Gasteiger charge is 2.46. The molecule has 9 nitrogen and oxygen atoms in total. The van der Waals surface area contributed by atoms with Crippen molar-refractivity contribution in [2.75, 3.05) is 45.3 Å². The van der Waals surface area contributed by atoms with E-state index in [4.69, 9.17) is 20.2 Å². The Kier molecular flexibility index (Phi) is 8.88. The van der Waals surface area contributed by atoms with Crippen LogP contribution in [0.5, 0.6) is 5.75 Å². The first-order valence-electron chi connectivity index (χ1n) is 13.5. The summed E-state index contributed by atoms with van der Waals surface area (Å²) in [6.45, 7) is 7.06. The Morgan fingerprint density at radius 1 is 1.28 bits per heavy atom. The van der Waals surface area contributed by atoms with E-state index in [0.29, 0.717) is 41.2 Å². The van der Waals surface area contributed by atoms with Crippen LogP contribution >= 0.6 is 0 Å². The molecule has 1 aromatic heterocycles. The molecule has 2 fully saturated rings. The first-order valence-corrected chi connectivity index (χ1v) is 13.5. The fourth-order valence-electron chi connectivity index (χ4n) is 5.73. The van der Waals surface area contributed by atoms with Gasteiger partial charge in [-0.15, -0.1) is 0 Å². The number of aromatic nitrogens is 2. The average molecular weight is 542 g/mol. The molecule has 0 bridgehead atoms. The summed E-state index contributed by atoms with van der Waals surface area (Å²) in [4.78, 5) is 24.3. The highest BCUT2D eigenvalue weighted by atomic mass is 19.1. The van der Waals surface area contributed by atoms with Crippen LogP contribution in [0.2, 0.25) is 0 Å². The van der Waals surface area contributed by atoms with Crippen LogP contribution in [0.15, 0.2) is 23.9 Å². The van der Waals surface area contributed by atoms with Crippen LogP contribution in [0.25, 0.3) is 17.0 Å². The number of anilines is 1. The van der Waals surface area contributed by atoms with Crippen LogP contribution in [0.4, 0.5) is 10.2 Å². The van der Waals surface area contributed by atoms with Crippen molar-refractivity contribution in [2.45, 2.75) is 58.7 Å². The zero-order valence-electron chi connectivity index (χ0n) is 23.5. The molecular formula is C29H40FN5O4. The van der Waals surface area contributed by atoms with Crippen molar-refractivity contribution in [1.29, 1.82) is 0 Å². The lowest BCUT2D eigenvalue weighted by Crippen LogP contribution is -2.58. The minimum absolute atomic E-state index is 0.0422. The van der Waals surface area contributed by atoms with Gasteiger partial charge in [0.2, 0.25) is 0 Å². The first-order chi connectivity index (χ1) is 18.6. The topological polar surface area (TPSA) is 123 Å². The van der Waals surface area contributed by atoms with Crippen LogP contribution in [-0.2, 0) is 9.53 Å². The second-order valence-corrected chi connectivity index (χ2v) is 10.9. The van der Waals surface area contributed by atoms with Crippen molar-refractivity contribution in [3.05, 3.63) is 41.0 Å². The molecule has 4 N–H and O–H groups in total. The number of nitrogens with two attached hydrogens (primary N) is 1. The Bertz CT molecular complexity index is 1230. The Balaban J connectivity index is 1.72. The second-order valence-electron chi connectivity index (χ2n) is 10.9. The standard InChI is InChI=1S/C29H40FN5O4/c1-17-26(25(18(2)31)19(3)36)33-27(23-12-22(6-7-24(23)30)39-14-20(37)13-32-4)34-28(17)35-15-29(16-35)10-8-21(38-5)9-11-29/h6-7,12,20-21,32,37H,8-11,13-16,31H2,1-5H3/t20-/m1/s1. The quantitative estimate of drug-likeness (QED) is 0.389. The number of benzene rings is 1. The summed E-state index contributed by atoms with van der Waals surface area (Å²) in [6.07, 6.45) is 3.84. The minimum Gasteiger partial charge on any atom is -0.491 e. The van der Waals surface area contributed by atoms with Crippen molar-refractivity contribution in [1.82, 2.24) is 15.3 Å². The number of allylic oxidation sites excluding steroid dienone is 2. The van der Waals surface area contributed by atoms with Gasteiger partial charge in [-0.25, -0.2) is 14.4 Å². The smallest absolute Gasteiger partial charge is 0.165 e. The molecule has 10 heteroatoms. The number of likely N-dealkylation sites (N-methyl/N-ethyl adjacent to an activating group) is 1. The van der Waals surface area contributed by atoms with E-state index in [-0.39, 0.29) is 29.2 Å². The minimum atomic E-state index is -0.717. The predicted molar refractivity (Wildman–Crippen MR) is 149 cm³/mol. The monoisotopic (exact) mass is 541 g/mol. The van der Waals surface area contributed by atoms with E-state index < -0.39 is 11.9 Å². The molecule has 2 aliphatic rings. The van der Waals surface area contributed by atoms with E-state index in [0.717, 1.165) is 44.3 Å². The van der Waals surface area contributed by atoms with E-state index in [1.54, 1.807) is 21.1 Å². The summed E-state index contributed by atoms with van der Waals surface area (Å²) in [5, 5.41) is 12.9. The molecule has 0 radical (unpaired) electrons. The third-order valence-corrected chi connectivity index (χ3v) is 7.84. The van der Waals surface area contributed by atoms with Gasteiger partial charge < -0.3 is 30.5 Å². The van der Waals surface area contributed by atoms with Crippen molar-refractivity contribution in [3.63, 3.8) is 0 Å². The number of hydrogen-bond acceptors (Lipinski definition) is 9. The molecule has 1 aliphatic carbocycles. The number of ketones is 1. The van der Waals surface area contributed by atoms with Crippen LogP contribution in [0.3, 0.4) is 0 Å². The zero-order valence-corrected chi connectivity index (χ0v) is 23.5. The molecule has 0 unspecified atom stereocenters. The Morgan fingerprint density at radius 2 is 1.97 bits per heavy atom. The SMILES string of the molecule is CNC[C@@H](O)COc1ccc(F)c(-c2nc(C(C(C)=O)=C(C)N)c(C)c(N3CC4(CCC(OC)CC4)C3)n2)c1. The summed E-state index contributed by atoms with van der Waals surface area (Å²) in [5.74, 6) is 0.458. The lowest BCUT2D eigenvalue weighted by Gasteiger charge is -2.54. The van der Waals surface area contributed by atoms with Crippen LogP contribution in [-0.4, -0.2) is 73.5 Å². The van der Waals surface area contributed by atoms with Crippen LogP contribution < -0.4 is 20.7 Å². The molecule has 212 valence electrons. The van der Waals surface area contributed by atoms with Gasteiger partial charge in [0.1, 0.15) is 30.1 Å². The normalized spacial score (nSPS) is 18.5. The number of rotatable bonds is 10. The Morgan fingerprint density at radius 3 is 2.56 bits per heavy atom. The number of nitrogens with zero attached hydrogens (tertiary/aromatic N) is 3. The number of Topliss-reactive ketones (excluding diaryl/α,β-unsaturated/α-hetero) is 1. The summed E-state index contributed by atoms with van der Waals surface area (Å²) >= 11 is 0. The molecule has 1 aromatic carbocycles. The van der Waals surface area contributed by atoms with Crippen LogP contribution in [0, 0.1) is 18.2 Å². The molecule has 1 spiro atoms. The molecule has 2 aromatic rings. The van der Waals surface area contributed by atoms with Gasteiger partial charge in [-0.2, -0.15) is 0 Å². The fourth-order valence-corrected chi connectivity index (χ4v) is 5.73. The molecule has 1 aliphatic heterocycles. The third-order valence-electron chi connectivity index (χ3n) is 7.84. The molecule has 0 amide bonds. The number of ether oxygens (including phenoxy) is 2. The van der Waals surface area contributed by atoms with Gasteiger partial charge in [0.15, 0.2) is 11.6 Å². The van der Waals surface area contributed by atoms with E-state index >= 15 is 4.39 Å². The maximum Gasteiger partial charge on any atom is 0.165 e. The van der Waals surface area contributed by atoms with Gasteiger partial charge in [0, 0.05) is 43.4 Å².